The normalized spacial score (nSPS) is 10.9. The molecule has 0 aliphatic heterocycles. The van der Waals surface area contributed by atoms with Gasteiger partial charge in [-0.2, -0.15) is 9.61 Å². The van der Waals surface area contributed by atoms with E-state index in [1.165, 1.54) is 18.5 Å². The molecule has 0 amide bonds. The van der Waals surface area contributed by atoms with Crippen molar-refractivity contribution in [2.24, 2.45) is 0 Å². The van der Waals surface area contributed by atoms with Crippen LogP contribution in [-0.2, 0) is 0 Å². The smallest absolute Gasteiger partial charge is 0.311 e. The van der Waals surface area contributed by atoms with E-state index >= 15 is 0 Å². The molecule has 11 nitrogen and oxygen atoms in total. The zero-order chi connectivity index (χ0) is 22.0. The summed E-state index contributed by atoms with van der Waals surface area (Å²) < 4.78 is 1.56. The van der Waals surface area contributed by atoms with Crippen LogP contribution in [0.1, 0.15) is 0 Å². The molecule has 0 unspecified atom stereocenters. The van der Waals surface area contributed by atoms with E-state index in [1.54, 1.807) is 28.8 Å². The van der Waals surface area contributed by atoms with E-state index in [-0.39, 0.29) is 11.5 Å². The molecule has 13 heteroatoms. The first-order valence-corrected chi connectivity index (χ1v) is 9.73. The van der Waals surface area contributed by atoms with Gasteiger partial charge >= 0.3 is 5.69 Å². The minimum absolute atomic E-state index is 0.151. The van der Waals surface area contributed by atoms with Crippen molar-refractivity contribution in [3.05, 3.63) is 62.9 Å². The fraction of sp³-hybridized carbons (Fsp3) is 0.111. The third-order valence-corrected chi connectivity index (χ3v) is 4.84. The number of nitrogens with zero attached hydrogens (tertiary/aromatic N) is 6. The molecular weight excluding hydrogens is 445 g/mol. The summed E-state index contributed by atoms with van der Waals surface area (Å²) in [6.07, 6.45) is 1.43. The Bertz CT molecular complexity index is 1280. The molecule has 0 saturated heterocycles. The standard InChI is InChI=1S/C18H15Cl2N9O2/c19-10-1-2-11(12(20)7-10)13-8-16-24-9-25-28(16)18(26-13)23-6-5-22-15-4-3-14(29(30)31)17(21)27-15/h1-4,7-9H,5-6H2,(H,23,26)(H3,21,22,27). The van der Waals surface area contributed by atoms with Crippen LogP contribution in [0.3, 0.4) is 0 Å². The number of benzene rings is 1. The highest BCUT2D eigenvalue weighted by atomic mass is 35.5. The Morgan fingerprint density at radius 2 is 1.90 bits per heavy atom. The van der Waals surface area contributed by atoms with Gasteiger partial charge < -0.3 is 16.4 Å². The van der Waals surface area contributed by atoms with Crippen molar-refractivity contribution < 1.29 is 4.92 Å². The topological polar surface area (TPSA) is 149 Å². The molecule has 0 aliphatic rings. The first-order valence-electron chi connectivity index (χ1n) is 8.97. The molecule has 0 bridgehead atoms. The Hall–Kier alpha value is -3.70. The second-order valence-corrected chi connectivity index (χ2v) is 7.17. The minimum atomic E-state index is -0.581. The molecule has 3 aromatic heterocycles. The maximum Gasteiger partial charge on any atom is 0.311 e. The van der Waals surface area contributed by atoms with Gasteiger partial charge in [-0.1, -0.05) is 23.2 Å². The molecule has 4 rings (SSSR count). The summed E-state index contributed by atoms with van der Waals surface area (Å²) in [5, 5.41) is 22.2. The van der Waals surface area contributed by atoms with Crippen molar-refractivity contribution in [3.8, 4) is 11.3 Å². The third-order valence-electron chi connectivity index (χ3n) is 4.29. The SMILES string of the molecule is Nc1nc(NCCNc2nc(-c3ccc(Cl)cc3Cl)cc3ncnn23)ccc1[N+](=O)[O-]. The van der Waals surface area contributed by atoms with Crippen molar-refractivity contribution in [1.82, 2.24) is 24.6 Å². The maximum absolute atomic E-state index is 10.8. The fourth-order valence-electron chi connectivity index (χ4n) is 2.86. The Kier molecular flexibility index (Phi) is 5.69. The van der Waals surface area contributed by atoms with Gasteiger partial charge in [-0.25, -0.2) is 15.0 Å². The zero-order valence-corrected chi connectivity index (χ0v) is 17.3. The van der Waals surface area contributed by atoms with Gasteiger partial charge in [0.05, 0.1) is 15.6 Å². The van der Waals surface area contributed by atoms with E-state index in [0.717, 1.165) is 0 Å². The summed E-state index contributed by atoms with van der Waals surface area (Å²) in [6, 6.07) is 9.74. The summed E-state index contributed by atoms with van der Waals surface area (Å²) in [5.74, 6) is 0.737. The number of fused-ring (bicyclic) bond motifs is 1. The van der Waals surface area contributed by atoms with Crippen molar-refractivity contribution in [1.29, 1.82) is 0 Å². The molecule has 158 valence electrons. The van der Waals surface area contributed by atoms with Gasteiger partial charge in [-0.3, -0.25) is 10.1 Å². The van der Waals surface area contributed by atoms with E-state index in [1.807, 2.05) is 0 Å². The van der Waals surface area contributed by atoms with Crippen molar-refractivity contribution in [2.45, 2.75) is 0 Å². The quantitative estimate of drug-likeness (QED) is 0.214. The number of nitro groups is 1. The van der Waals surface area contributed by atoms with E-state index < -0.39 is 4.92 Å². The van der Waals surface area contributed by atoms with Crippen LogP contribution in [0, 0.1) is 10.1 Å². The monoisotopic (exact) mass is 459 g/mol. The fourth-order valence-corrected chi connectivity index (χ4v) is 3.37. The van der Waals surface area contributed by atoms with Gasteiger partial charge in [-0.15, -0.1) is 0 Å². The van der Waals surface area contributed by atoms with Crippen molar-refractivity contribution in [2.75, 3.05) is 29.5 Å². The second-order valence-electron chi connectivity index (χ2n) is 6.33. The Labute approximate surface area is 185 Å². The average molecular weight is 460 g/mol. The van der Waals surface area contributed by atoms with Gasteiger partial charge in [0.15, 0.2) is 5.65 Å². The van der Waals surface area contributed by atoms with Crippen LogP contribution in [0.5, 0.6) is 0 Å². The minimum Gasteiger partial charge on any atom is -0.378 e. The Balaban J connectivity index is 1.49. The molecule has 31 heavy (non-hydrogen) atoms. The van der Waals surface area contributed by atoms with Gasteiger partial charge in [-0.05, 0) is 24.3 Å². The van der Waals surface area contributed by atoms with E-state index in [4.69, 9.17) is 28.9 Å². The first kappa shape index (κ1) is 20.6. The molecule has 4 aromatic rings. The summed E-state index contributed by atoms with van der Waals surface area (Å²) >= 11 is 12.3. The highest BCUT2D eigenvalue weighted by Crippen LogP contribution is 2.30. The molecule has 0 radical (unpaired) electrons. The Morgan fingerprint density at radius 1 is 1.10 bits per heavy atom. The van der Waals surface area contributed by atoms with Crippen LogP contribution in [0.2, 0.25) is 10.0 Å². The predicted octanol–water partition coefficient (Wildman–Crippen LogP) is 3.51. The van der Waals surface area contributed by atoms with E-state index in [0.29, 0.717) is 51.8 Å². The van der Waals surface area contributed by atoms with Gasteiger partial charge in [0, 0.05) is 35.8 Å². The molecule has 3 heterocycles. The third kappa shape index (κ3) is 4.42. The number of nitrogens with one attached hydrogen (secondary N) is 2. The number of halogens is 2. The maximum atomic E-state index is 10.8. The van der Waals surface area contributed by atoms with Crippen LogP contribution >= 0.6 is 23.2 Å². The van der Waals surface area contributed by atoms with Crippen LogP contribution in [0.4, 0.5) is 23.3 Å². The second kappa shape index (κ2) is 8.58. The summed E-state index contributed by atoms with van der Waals surface area (Å²) in [5.41, 5.74) is 7.29. The molecule has 0 spiro atoms. The summed E-state index contributed by atoms with van der Waals surface area (Å²) in [7, 11) is 0. The number of hydrogen-bond acceptors (Lipinski definition) is 9. The molecule has 0 aliphatic carbocycles. The highest BCUT2D eigenvalue weighted by molar-refractivity contribution is 6.36. The van der Waals surface area contributed by atoms with Gasteiger partial charge in [0.25, 0.3) is 0 Å². The van der Waals surface area contributed by atoms with Gasteiger partial charge in [0.2, 0.25) is 11.8 Å². The van der Waals surface area contributed by atoms with Crippen LogP contribution in [-0.4, -0.2) is 42.6 Å². The van der Waals surface area contributed by atoms with Crippen LogP contribution < -0.4 is 16.4 Å². The number of aromatic nitrogens is 5. The summed E-state index contributed by atoms with van der Waals surface area (Å²) in [6.45, 7) is 0.881. The molecule has 1 aromatic carbocycles. The Morgan fingerprint density at radius 3 is 2.65 bits per heavy atom. The molecule has 0 saturated carbocycles. The lowest BCUT2D eigenvalue weighted by Gasteiger charge is -2.11. The number of nitrogen functional groups attached to an aromatic ring is 1. The number of pyridine rings is 1. The molecule has 4 N–H and O–H groups in total. The molecular formula is C18H15Cl2N9O2. The van der Waals surface area contributed by atoms with Crippen molar-refractivity contribution in [3.63, 3.8) is 0 Å². The number of rotatable bonds is 7. The van der Waals surface area contributed by atoms with Gasteiger partial charge in [0.1, 0.15) is 12.1 Å². The van der Waals surface area contributed by atoms with Crippen molar-refractivity contribution >= 4 is 52.1 Å². The lowest BCUT2D eigenvalue weighted by atomic mass is 10.1. The largest absolute Gasteiger partial charge is 0.378 e. The highest BCUT2D eigenvalue weighted by Gasteiger charge is 2.14. The predicted molar refractivity (Wildman–Crippen MR) is 119 cm³/mol. The number of anilines is 3. The van der Waals surface area contributed by atoms with Crippen LogP contribution in [0.15, 0.2) is 42.7 Å². The number of hydrogen-bond donors (Lipinski definition) is 3. The lowest BCUT2D eigenvalue weighted by molar-refractivity contribution is -0.384. The van der Waals surface area contributed by atoms with E-state index in [2.05, 4.69) is 30.7 Å². The average Bonchev–Trinajstić information content (AvgIpc) is 3.19. The first-order chi connectivity index (χ1) is 14.9. The summed E-state index contributed by atoms with van der Waals surface area (Å²) in [4.78, 5) is 23.1. The number of nitrogens with two attached hydrogens (primary N) is 1. The molecule has 0 fully saturated rings. The van der Waals surface area contributed by atoms with Crippen LogP contribution in [0.25, 0.3) is 16.9 Å². The van der Waals surface area contributed by atoms with E-state index in [9.17, 15) is 10.1 Å². The molecule has 0 atom stereocenters. The lowest BCUT2D eigenvalue weighted by Crippen LogP contribution is -2.17. The zero-order valence-electron chi connectivity index (χ0n) is 15.8.